The number of carbonyl (C=O) groups excluding carboxylic acids is 1. The SMILES string of the molecule is CN1CC(N=O)SCC1=O. The Kier molecular flexibility index (Phi) is 2.26. The van der Waals surface area contributed by atoms with Gasteiger partial charge in [-0.05, 0) is 0 Å². The first-order valence-corrected chi connectivity index (χ1v) is 3.97. The van der Waals surface area contributed by atoms with Gasteiger partial charge in [-0.15, -0.1) is 16.7 Å². The molecule has 0 bridgehead atoms. The number of hydrogen-bond acceptors (Lipinski definition) is 4. The molecule has 4 nitrogen and oxygen atoms in total. The number of thioether (sulfide) groups is 1. The van der Waals surface area contributed by atoms with E-state index in [-0.39, 0.29) is 11.3 Å². The van der Waals surface area contributed by atoms with Gasteiger partial charge in [0.25, 0.3) is 0 Å². The number of likely N-dealkylation sites (N-methyl/N-ethyl adjacent to an activating group) is 1. The second-order valence-electron chi connectivity index (χ2n) is 2.15. The summed E-state index contributed by atoms with van der Waals surface area (Å²) in [4.78, 5) is 22.4. The summed E-state index contributed by atoms with van der Waals surface area (Å²) in [5.74, 6) is 0.456. The molecule has 1 rings (SSSR count). The van der Waals surface area contributed by atoms with E-state index in [1.54, 1.807) is 7.05 Å². The lowest BCUT2D eigenvalue weighted by molar-refractivity contribution is -0.127. The summed E-state index contributed by atoms with van der Waals surface area (Å²) < 4.78 is 0. The molecule has 10 heavy (non-hydrogen) atoms. The molecule has 0 N–H and O–H groups in total. The van der Waals surface area contributed by atoms with Crippen molar-refractivity contribution in [2.45, 2.75) is 5.37 Å². The minimum Gasteiger partial charge on any atom is -0.342 e. The van der Waals surface area contributed by atoms with Crippen LogP contribution in [0, 0.1) is 4.91 Å². The topological polar surface area (TPSA) is 49.7 Å². The predicted octanol–water partition coefficient (Wildman–Crippen LogP) is 0.284. The Hall–Kier alpha value is -0.580. The molecule has 1 aliphatic heterocycles. The predicted molar refractivity (Wildman–Crippen MR) is 39.7 cm³/mol. The van der Waals surface area contributed by atoms with Gasteiger partial charge in [-0.25, -0.2) is 0 Å². The largest absolute Gasteiger partial charge is 0.342 e. The van der Waals surface area contributed by atoms with Crippen LogP contribution >= 0.6 is 11.8 Å². The standard InChI is InChI=1S/C5H8N2O2S/c1-7-2-4(6-9)10-3-5(7)8/h4H,2-3H2,1H3. The van der Waals surface area contributed by atoms with Gasteiger partial charge in [0.1, 0.15) is 0 Å². The van der Waals surface area contributed by atoms with Crippen molar-refractivity contribution in [1.29, 1.82) is 0 Å². The van der Waals surface area contributed by atoms with Crippen LogP contribution < -0.4 is 0 Å². The van der Waals surface area contributed by atoms with E-state index in [1.165, 1.54) is 16.7 Å². The van der Waals surface area contributed by atoms with E-state index in [2.05, 4.69) is 5.18 Å². The van der Waals surface area contributed by atoms with Gasteiger partial charge in [-0.3, -0.25) is 4.79 Å². The zero-order valence-electron chi connectivity index (χ0n) is 5.61. The highest BCUT2D eigenvalue weighted by molar-refractivity contribution is 8.00. The van der Waals surface area contributed by atoms with Crippen LogP contribution in [0.2, 0.25) is 0 Å². The van der Waals surface area contributed by atoms with E-state index in [0.29, 0.717) is 12.3 Å². The third-order valence-electron chi connectivity index (χ3n) is 1.37. The zero-order valence-corrected chi connectivity index (χ0v) is 6.43. The molecule has 0 aromatic carbocycles. The van der Waals surface area contributed by atoms with E-state index in [9.17, 15) is 9.70 Å². The van der Waals surface area contributed by atoms with Crippen LogP contribution in [0.1, 0.15) is 0 Å². The lowest BCUT2D eigenvalue weighted by Crippen LogP contribution is -2.38. The fourth-order valence-corrected chi connectivity index (χ4v) is 1.68. The Bertz CT molecular complexity index is 162. The highest BCUT2D eigenvalue weighted by atomic mass is 32.2. The number of carbonyl (C=O) groups is 1. The first kappa shape index (κ1) is 7.53. The normalized spacial score (nSPS) is 26.7. The van der Waals surface area contributed by atoms with Crippen molar-refractivity contribution < 1.29 is 4.79 Å². The van der Waals surface area contributed by atoms with Crippen molar-refractivity contribution in [2.24, 2.45) is 5.18 Å². The van der Waals surface area contributed by atoms with Gasteiger partial charge in [0.2, 0.25) is 5.91 Å². The molecule has 1 aliphatic rings. The molecular formula is C5H8N2O2S. The van der Waals surface area contributed by atoms with Crippen LogP contribution in [-0.2, 0) is 4.79 Å². The summed E-state index contributed by atoms with van der Waals surface area (Å²) >= 11 is 1.30. The molecule has 0 saturated carbocycles. The molecule has 1 amide bonds. The molecule has 1 fully saturated rings. The minimum atomic E-state index is -0.261. The van der Waals surface area contributed by atoms with Gasteiger partial charge < -0.3 is 4.90 Å². The Balaban J connectivity index is 2.48. The molecule has 0 aromatic heterocycles. The number of nitrogens with zero attached hydrogens (tertiary/aromatic N) is 2. The molecule has 1 heterocycles. The third-order valence-corrected chi connectivity index (χ3v) is 2.41. The van der Waals surface area contributed by atoms with Crippen LogP contribution in [0.4, 0.5) is 0 Å². The van der Waals surface area contributed by atoms with E-state index in [0.717, 1.165) is 0 Å². The van der Waals surface area contributed by atoms with Gasteiger partial charge in [-0.2, -0.15) is 0 Å². The van der Waals surface area contributed by atoms with Crippen LogP contribution in [0.15, 0.2) is 5.18 Å². The van der Waals surface area contributed by atoms with Crippen molar-refractivity contribution in [1.82, 2.24) is 4.90 Å². The van der Waals surface area contributed by atoms with E-state index < -0.39 is 0 Å². The lowest BCUT2D eigenvalue weighted by atomic mass is 10.5. The molecule has 0 radical (unpaired) electrons. The third kappa shape index (κ3) is 1.47. The fourth-order valence-electron chi connectivity index (χ4n) is 0.730. The molecule has 0 aliphatic carbocycles. The first-order valence-electron chi connectivity index (χ1n) is 2.92. The van der Waals surface area contributed by atoms with Gasteiger partial charge in [0.05, 0.1) is 12.3 Å². The quantitative estimate of drug-likeness (QED) is 0.518. The maximum absolute atomic E-state index is 10.8. The van der Waals surface area contributed by atoms with Gasteiger partial charge in [0.15, 0.2) is 5.37 Å². The van der Waals surface area contributed by atoms with Crippen molar-refractivity contribution in [3.63, 3.8) is 0 Å². The average Bonchev–Trinajstić information content (AvgIpc) is 1.95. The summed E-state index contributed by atoms with van der Waals surface area (Å²) in [6, 6.07) is 0. The summed E-state index contributed by atoms with van der Waals surface area (Å²) in [5, 5.41) is 2.59. The summed E-state index contributed by atoms with van der Waals surface area (Å²) in [5.41, 5.74) is 0. The molecule has 1 unspecified atom stereocenters. The summed E-state index contributed by atoms with van der Waals surface area (Å²) in [7, 11) is 1.68. The monoisotopic (exact) mass is 160 g/mol. The lowest BCUT2D eigenvalue weighted by Gasteiger charge is -2.24. The Morgan fingerprint density at radius 2 is 2.50 bits per heavy atom. The molecule has 5 heteroatoms. The minimum absolute atomic E-state index is 0.0740. The van der Waals surface area contributed by atoms with Crippen molar-refractivity contribution >= 4 is 17.7 Å². The smallest absolute Gasteiger partial charge is 0.232 e. The van der Waals surface area contributed by atoms with Crippen LogP contribution in [0.25, 0.3) is 0 Å². The van der Waals surface area contributed by atoms with Crippen LogP contribution in [0.3, 0.4) is 0 Å². The summed E-state index contributed by atoms with van der Waals surface area (Å²) in [6.07, 6.45) is 0. The van der Waals surface area contributed by atoms with Crippen molar-refractivity contribution in [2.75, 3.05) is 19.3 Å². The number of amides is 1. The zero-order chi connectivity index (χ0) is 7.56. The number of hydrogen-bond donors (Lipinski definition) is 0. The van der Waals surface area contributed by atoms with Crippen molar-refractivity contribution in [3.05, 3.63) is 4.91 Å². The van der Waals surface area contributed by atoms with Crippen molar-refractivity contribution in [3.8, 4) is 0 Å². The Labute approximate surface area is 62.9 Å². The van der Waals surface area contributed by atoms with E-state index >= 15 is 0 Å². The second kappa shape index (κ2) is 3.01. The second-order valence-corrected chi connectivity index (χ2v) is 3.31. The van der Waals surface area contributed by atoms with Crippen LogP contribution in [0.5, 0.6) is 0 Å². The molecule has 0 aromatic rings. The van der Waals surface area contributed by atoms with Crippen LogP contribution in [-0.4, -0.2) is 35.5 Å². The maximum Gasteiger partial charge on any atom is 0.232 e. The van der Waals surface area contributed by atoms with Gasteiger partial charge in [-0.1, -0.05) is 5.18 Å². The average molecular weight is 160 g/mol. The van der Waals surface area contributed by atoms with Gasteiger partial charge in [0, 0.05) is 7.05 Å². The number of nitroso groups, excluding NO2 is 1. The number of rotatable bonds is 1. The van der Waals surface area contributed by atoms with Gasteiger partial charge >= 0.3 is 0 Å². The highest BCUT2D eigenvalue weighted by Crippen LogP contribution is 2.18. The highest BCUT2D eigenvalue weighted by Gasteiger charge is 2.23. The fraction of sp³-hybridized carbons (Fsp3) is 0.800. The molecule has 1 atom stereocenters. The first-order chi connectivity index (χ1) is 4.74. The van der Waals surface area contributed by atoms with E-state index in [1.807, 2.05) is 0 Å². The molecule has 0 spiro atoms. The Morgan fingerprint density at radius 3 is 3.00 bits per heavy atom. The molecule has 1 saturated heterocycles. The van der Waals surface area contributed by atoms with E-state index in [4.69, 9.17) is 0 Å². The summed E-state index contributed by atoms with van der Waals surface area (Å²) in [6.45, 7) is 0.451. The molecular weight excluding hydrogens is 152 g/mol. The Morgan fingerprint density at radius 1 is 1.80 bits per heavy atom. The molecule has 56 valence electrons. The maximum atomic E-state index is 10.8.